The Hall–Kier alpha value is -1.95. The third-order valence-electron chi connectivity index (χ3n) is 3.67. The third kappa shape index (κ3) is 4.76. The van der Waals surface area contributed by atoms with E-state index in [1.165, 1.54) is 12.1 Å². The maximum absolute atomic E-state index is 12.9. The molecule has 0 amide bonds. The normalized spacial score (nSPS) is 14.5. The van der Waals surface area contributed by atoms with E-state index in [0.29, 0.717) is 5.56 Å². The molecule has 0 unspecified atom stereocenters. The van der Waals surface area contributed by atoms with E-state index in [2.05, 4.69) is 15.3 Å². The molecule has 0 aliphatic heterocycles. The highest BCUT2D eigenvalue weighted by Gasteiger charge is 2.31. The highest BCUT2D eigenvalue weighted by Crippen LogP contribution is 2.32. The molecule has 0 saturated heterocycles. The summed E-state index contributed by atoms with van der Waals surface area (Å²) in [6, 6.07) is 5.23. The van der Waals surface area contributed by atoms with Gasteiger partial charge in [-0.15, -0.1) is 0 Å². The van der Waals surface area contributed by atoms with Gasteiger partial charge < -0.3 is 5.32 Å². The van der Waals surface area contributed by atoms with E-state index in [-0.39, 0.29) is 12.1 Å². The summed E-state index contributed by atoms with van der Waals surface area (Å²) >= 11 is 0. The Morgan fingerprint density at radius 3 is 2.61 bits per heavy atom. The molecule has 2 rings (SSSR count). The van der Waals surface area contributed by atoms with Crippen molar-refractivity contribution in [2.75, 3.05) is 0 Å². The van der Waals surface area contributed by atoms with E-state index in [9.17, 15) is 13.2 Å². The predicted octanol–water partition coefficient (Wildman–Crippen LogP) is 4.69. The molecule has 1 aromatic heterocycles. The van der Waals surface area contributed by atoms with Crippen LogP contribution in [-0.2, 0) is 6.18 Å². The first kappa shape index (κ1) is 17.4. The molecule has 2 atom stereocenters. The summed E-state index contributed by atoms with van der Waals surface area (Å²) in [7, 11) is 0. The number of nitrogens with one attached hydrogen (secondary N) is 1. The van der Waals surface area contributed by atoms with Crippen LogP contribution >= 0.6 is 0 Å². The summed E-state index contributed by atoms with van der Waals surface area (Å²) in [6.45, 7) is 3.94. The average molecular weight is 323 g/mol. The van der Waals surface area contributed by atoms with Crippen LogP contribution in [0.3, 0.4) is 0 Å². The summed E-state index contributed by atoms with van der Waals surface area (Å²) in [5.74, 6) is 0. The number of nitrogens with zero attached hydrogens (tertiary/aromatic N) is 2. The monoisotopic (exact) mass is 323 g/mol. The van der Waals surface area contributed by atoms with Crippen molar-refractivity contribution < 1.29 is 13.2 Å². The minimum Gasteiger partial charge on any atom is -0.302 e. The number of hydrogen-bond acceptors (Lipinski definition) is 3. The van der Waals surface area contributed by atoms with Gasteiger partial charge in [0.15, 0.2) is 0 Å². The quantitative estimate of drug-likeness (QED) is 0.838. The SMILES string of the molecule is CCC[C@@H](N[C@@H](C)c1cnccn1)c1cccc(C(F)(F)F)c1. The molecule has 3 nitrogen and oxygen atoms in total. The Balaban J connectivity index is 2.21. The fourth-order valence-corrected chi connectivity index (χ4v) is 2.49. The molecular formula is C17H20F3N3. The van der Waals surface area contributed by atoms with E-state index in [1.807, 2.05) is 13.8 Å². The van der Waals surface area contributed by atoms with Gasteiger partial charge in [-0.3, -0.25) is 9.97 Å². The molecule has 0 spiro atoms. The maximum atomic E-state index is 12.9. The van der Waals surface area contributed by atoms with Crippen molar-refractivity contribution in [1.29, 1.82) is 0 Å². The van der Waals surface area contributed by atoms with E-state index in [0.717, 1.165) is 24.6 Å². The van der Waals surface area contributed by atoms with Crippen LogP contribution < -0.4 is 5.32 Å². The van der Waals surface area contributed by atoms with Gasteiger partial charge in [-0.1, -0.05) is 25.5 Å². The van der Waals surface area contributed by atoms with E-state index in [4.69, 9.17) is 0 Å². The molecule has 23 heavy (non-hydrogen) atoms. The van der Waals surface area contributed by atoms with Crippen molar-refractivity contribution in [2.45, 2.75) is 44.9 Å². The summed E-state index contributed by atoms with van der Waals surface area (Å²) in [5, 5.41) is 3.36. The molecule has 124 valence electrons. The predicted molar refractivity (Wildman–Crippen MR) is 82.7 cm³/mol. The second kappa shape index (κ2) is 7.55. The van der Waals surface area contributed by atoms with Gasteiger partial charge in [0.05, 0.1) is 11.3 Å². The Kier molecular flexibility index (Phi) is 5.71. The van der Waals surface area contributed by atoms with Crippen molar-refractivity contribution in [2.24, 2.45) is 0 Å². The molecule has 0 radical (unpaired) electrons. The molecule has 1 heterocycles. The molecular weight excluding hydrogens is 303 g/mol. The molecule has 0 aliphatic carbocycles. The number of rotatable bonds is 6. The first-order chi connectivity index (χ1) is 10.9. The molecule has 6 heteroatoms. The van der Waals surface area contributed by atoms with Gasteiger partial charge in [0.2, 0.25) is 0 Å². The number of halogens is 3. The number of alkyl halides is 3. The largest absolute Gasteiger partial charge is 0.416 e. The second-order valence-electron chi connectivity index (χ2n) is 5.48. The Bertz CT molecular complexity index is 614. The molecule has 1 N–H and O–H groups in total. The van der Waals surface area contributed by atoms with Gasteiger partial charge in [0.1, 0.15) is 0 Å². The lowest BCUT2D eigenvalue weighted by atomic mass is 9.99. The Labute approximate surface area is 134 Å². The fourth-order valence-electron chi connectivity index (χ4n) is 2.49. The Morgan fingerprint density at radius 1 is 1.22 bits per heavy atom. The zero-order valence-corrected chi connectivity index (χ0v) is 13.1. The smallest absolute Gasteiger partial charge is 0.302 e. The number of benzene rings is 1. The van der Waals surface area contributed by atoms with Crippen LogP contribution in [-0.4, -0.2) is 9.97 Å². The van der Waals surface area contributed by atoms with Crippen molar-refractivity contribution in [1.82, 2.24) is 15.3 Å². The van der Waals surface area contributed by atoms with Crippen molar-refractivity contribution in [3.05, 3.63) is 59.7 Å². The van der Waals surface area contributed by atoms with Crippen LogP contribution in [0.5, 0.6) is 0 Å². The zero-order chi connectivity index (χ0) is 16.9. The fraction of sp³-hybridized carbons (Fsp3) is 0.412. The minimum absolute atomic E-state index is 0.102. The topological polar surface area (TPSA) is 37.8 Å². The lowest BCUT2D eigenvalue weighted by Crippen LogP contribution is -2.25. The molecule has 0 bridgehead atoms. The highest BCUT2D eigenvalue weighted by atomic mass is 19.4. The van der Waals surface area contributed by atoms with E-state index >= 15 is 0 Å². The van der Waals surface area contributed by atoms with Crippen molar-refractivity contribution in [3.8, 4) is 0 Å². The lowest BCUT2D eigenvalue weighted by Gasteiger charge is -2.24. The van der Waals surface area contributed by atoms with Gasteiger partial charge in [-0.25, -0.2) is 0 Å². The average Bonchev–Trinajstić information content (AvgIpc) is 2.54. The zero-order valence-electron chi connectivity index (χ0n) is 13.1. The van der Waals surface area contributed by atoms with Gasteiger partial charge in [-0.05, 0) is 31.0 Å². The van der Waals surface area contributed by atoms with E-state index in [1.54, 1.807) is 24.7 Å². The summed E-state index contributed by atoms with van der Waals surface area (Å²) in [6.07, 6.45) is 2.13. The van der Waals surface area contributed by atoms with Crippen LogP contribution in [0.4, 0.5) is 13.2 Å². The number of aromatic nitrogens is 2. The standard InChI is InChI=1S/C17H20F3N3/c1-3-5-15(23-12(2)16-11-21-8-9-22-16)13-6-4-7-14(10-13)17(18,19)20/h4,6-12,15,23H,3,5H2,1-2H3/t12-,15+/m0/s1. The summed E-state index contributed by atoms with van der Waals surface area (Å²) in [5.41, 5.74) is 0.781. The first-order valence-corrected chi connectivity index (χ1v) is 7.61. The summed E-state index contributed by atoms with van der Waals surface area (Å²) < 4.78 is 38.7. The minimum atomic E-state index is -4.33. The van der Waals surface area contributed by atoms with Gasteiger partial charge in [0, 0.05) is 30.7 Å². The molecule has 1 aromatic carbocycles. The van der Waals surface area contributed by atoms with Gasteiger partial charge in [0.25, 0.3) is 0 Å². The summed E-state index contributed by atoms with van der Waals surface area (Å²) in [4.78, 5) is 8.26. The van der Waals surface area contributed by atoms with Crippen LogP contribution in [0, 0.1) is 0 Å². The first-order valence-electron chi connectivity index (χ1n) is 7.61. The van der Waals surface area contributed by atoms with Gasteiger partial charge >= 0.3 is 6.18 Å². The van der Waals surface area contributed by atoms with Crippen molar-refractivity contribution >= 4 is 0 Å². The van der Waals surface area contributed by atoms with Crippen LogP contribution in [0.1, 0.15) is 55.6 Å². The van der Waals surface area contributed by atoms with Crippen LogP contribution in [0.15, 0.2) is 42.9 Å². The second-order valence-corrected chi connectivity index (χ2v) is 5.48. The third-order valence-corrected chi connectivity index (χ3v) is 3.67. The molecule has 0 saturated carbocycles. The number of hydrogen-bond donors (Lipinski definition) is 1. The van der Waals surface area contributed by atoms with Crippen LogP contribution in [0.25, 0.3) is 0 Å². The van der Waals surface area contributed by atoms with Gasteiger partial charge in [-0.2, -0.15) is 13.2 Å². The molecule has 0 fully saturated rings. The Morgan fingerprint density at radius 2 is 2.00 bits per heavy atom. The van der Waals surface area contributed by atoms with Crippen molar-refractivity contribution in [3.63, 3.8) is 0 Å². The highest BCUT2D eigenvalue weighted by molar-refractivity contribution is 5.28. The molecule has 0 aliphatic rings. The van der Waals surface area contributed by atoms with E-state index < -0.39 is 11.7 Å². The maximum Gasteiger partial charge on any atom is 0.416 e. The molecule has 2 aromatic rings. The van der Waals surface area contributed by atoms with Crippen LogP contribution in [0.2, 0.25) is 0 Å². The lowest BCUT2D eigenvalue weighted by molar-refractivity contribution is -0.137.